The van der Waals surface area contributed by atoms with Gasteiger partial charge in [0.15, 0.2) is 0 Å². The Morgan fingerprint density at radius 2 is 2.14 bits per heavy atom. The molecule has 2 nitrogen and oxygen atoms in total. The molecule has 1 aliphatic rings. The number of hydrogen-bond acceptors (Lipinski definition) is 2. The van der Waals surface area contributed by atoms with Crippen LogP contribution in [0.4, 0.5) is 5.69 Å². The van der Waals surface area contributed by atoms with Crippen LogP contribution in [0.5, 0.6) is 0 Å². The van der Waals surface area contributed by atoms with Crippen LogP contribution in [0.3, 0.4) is 0 Å². The van der Waals surface area contributed by atoms with Crippen molar-refractivity contribution in [2.45, 2.75) is 25.3 Å². The van der Waals surface area contributed by atoms with E-state index in [-0.39, 0.29) is 0 Å². The number of anilines is 1. The summed E-state index contributed by atoms with van der Waals surface area (Å²) in [5.41, 5.74) is 9.62. The monoisotopic (exact) mass is 190 g/mol. The van der Waals surface area contributed by atoms with Gasteiger partial charge in [0, 0.05) is 11.7 Å². The van der Waals surface area contributed by atoms with E-state index >= 15 is 0 Å². The molecular weight excluding hydrogens is 172 g/mol. The summed E-state index contributed by atoms with van der Waals surface area (Å²) in [6, 6.07) is 6.89. The van der Waals surface area contributed by atoms with Crippen LogP contribution in [0.15, 0.2) is 18.2 Å². The van der Waals surface area contributed by atoms with Gasteiger partial charge < -0.3 is 10.6 Å². The summed E-state index contributed by atoms with van der Waals surface area (Å²) in [6.45, 7) is 0. The van der Waals surface area contributed by atoms with E-state index in [1.54, 1.807) is 0 Å². The minimum atomic E-state index is 0.558. The molecule has 0 heterocycles. The molecule has 2 heteroatoms. The second-order valence-corrected chi connectivity index (χ2v) is 4.33. The molecule has 0 aliphatic heterocycles. The van der Waals surface area contributed by atoms with E-state index in [4.69, 9.17) is 5.73 Å². The molecule has 0 fully saturated rings. The zero-order valence-electron chi connectivity index (χ0n) is 8.96. The summed E-state index contributed by atoms with van der Waals surface area (Å²) in [5, 5.41) is 0. The smallest absolute Gasteiger partial charge is 0.0345 e. The van der Waals surface area contributed by atoms with E-state index in [0.29, 0.717) is 6.04 Å². The predicted octanol–water partition coefficient (Wildman–Crippen LogP) is 2.21. The Labute approximate surface area is 85.7 Å². The van der Waals surface area contributed by atoms with E-state index in [1.165, 1.54) is 30.4 Å². The standard InChI is InChI=1S/C12H18N2/c1-14(2)12-5-3-4-9-6-7-10(13)8-11(9)12/h6-8,12H,3-5,13H2,1-2H3. The molecule has 2 N–H and O–H groups in total. The van der Waals surface area contributed by atoms with Gasteiger partial charge in [0.2, 0.25) is 0 Å². The van der Waals surface area contributed by atoms with Crippen LogP contribution < -0.4 is 5.73 Å². The van der Waals surface area contributed by atoms with Crippen molar-refractivity contribution in [1.82, 2.24) is 4.90 Å². The summed E-state index contributed by atoms with van der Waals surface area (Å²) < 4.78 is 0. The molecule has 0 amide bonds. The van der Waals surface area contributed by atoms with Gasteiger partial charge in [-0.05, 0) is 56.6 Å². The normalized spacial score (nSPS) is 20.9. The van der Waals surface area contributed by atoms with Gasteiger partial charge >= 0.3 is 0 Å². The van der Waals surface area contributed by atoms with Gasteiger partial charge in [-0.25, -0.2) is 0 Å². The van der Waals surface area contributed by atoms with Gasteiger partial charge in [-0.1, -0.05) is 6.07 Å². The summed E-state index contributed by atoms with van der Waals surface area (Å²) in [5.74, 6) is 0. The van der Waals surface area contributed by atoms with Crippen molar-refractivity contribution < 1.29 is 0 Å². The highest BCUT2D eigenvalue weighted by Gasteiger charge is 2.21. The van der Waals surface area contributed by atoms with Crippen molar-refractivity contribution in [2.75, 3.05) is 19.8 Å². The van der Waals surface area contributed by atoms with E-state index in [2.05, 4.69) is 31.1 Å². The Morgan fingerprint density at radius 1 is 1.36 bits per heavy atom. The highest BCUT2D eigenvalue weighted by molar-refractivity contribution is 5.46. The van der Waals surface area contributed by atoms with Crippen LogP contribution in [0.25, 0.3) is 0 Å². The van der Waals surface area contributed by atoms with Gasteiger partial charge in [-0.15, -0.1) is 0 Å². The van der Waals surface area contributed by atoms with Crippen LogP contribution >= 0.6 is 0 Å². The molecule has 1 aromatic rings. The third kappa shape index (κ3) is 1.62. The maximum absolute atomic E-state index is 5.83. The lowest BCUT2D eigenvalue weighted by Crippen LogP contribution is -2.24. The fourth-order valence-corrected chi connectivity index (χ4v) is 2.33. The third-order valence-electron chi connectivity index (χ3n) is 3.08. The molecule has 0 bridgehead atoms. The van der Waals surface area contributed by atoms with Gasteiger partial charge in [-0.3, -0.25) is 0 Å². The minimum absolute atomic E-state index is 0.558. The van der Waals surface area contributed by atoms with Gasteiger partial charge in [0.1, 0.15) is 0 Å². The summed E-state index contributed by atoms with van der Waals surface area (Å²) >= 11 is 0. The highest BCUT2D eigenvalue weighted by atomic mass is 15.1. The Kier molecular flexibility index (Phi) is 2.46. The van der Waals surface area contributed by atoms with Crippen molar-refractivity contribution in [3.63, 3.8) is 0 Å². The van der Waals surface area contributed by atoms with Gasteiger partial charge in [0.05, 0.1) is 0 Å². The zero-order chi connectivity index (χ0) is 10.1. The lowest BCUT2D eigenvalue weighted by molar-refractivity contribution is 0.268. The Morgan fingerprint density at radius 3 is 2.86 bits per heavy atom. The summed E-state index contributed by atoms with van der Waals surface area (Å²) in [4.78, 5) is 2.29. The van der Waals surface area contributed by atoms with Crippen molar-refractivity contribution in [2.24, 2.45) is 0 Å². The molecule has 1 atom stereocenters. The Hall–Kier alpha value is -1.02. The van der Waals surface area contributed by atoms with Crippen LogP contribution in [-0.4, -0.2) is 19.0 Å². The first-order valence-corrected chi connectivity index (χ1v) is 5.23. The maximum Gasteiger partial charge on any atom is 0.0345 e. The molecule has 1 aromatic carbocycles. The fraction of sp³-hybridized carbons (Fsp3) is 0.500. The molecule has 0 saturated carbocycles. The molecule has 2 rings (SSSR count). The number of aryl methyl sites for hydroxylation is 1. The molecule has 76 valence electrons. The number of nitrogen functional groups attached to an aromatic ring is 1. The molecule has 0 saturated heterocycles. The largest absolute Gasteiger partial charge is 0.399 e. The first-order chi connectivity index (χ1) is 6.68. The Bertz CT molecular complexity index is 331. The van der Waals surface area contributed by atoms with Crippen LogP contribution in [-0.2, 0) is 6.42 Å². The predicted molar refractivity (Wildman–Crippen MR) is 60.2 cm³/mol. The van der Waals surface area contributed by atoms with Crippen molar-refractivity contribution in [1.29, 1.82) is 0 Å². The number of hydrogen-bond donors (Lipinski definition) is 1. The molecule has 1 aliphatic carbocycles. The minimum Gasteiger partial charge on any atom is -0.399 e. The number of fused-ring (bicyclic) bond motifs is 1. The molecule has 0 radical (unpaired) electrons. The number of rotatable bonds is 1. The number of nitrogens with two attached hydrogens (primary N) is 1. The quantitative estimate of drug-likeness (QED) is 0.688. The first kappa shape index (κ1) is 9.53. The fourth-order valence-electron chi connectivity index (χ4n) is 2.33. The topological polar surface area (TPSA) is 29.3 Å². The van der Waals surface area contributed by atoms with Gasteiger partial charge in [-0.2, -0.15) is 0 Å². The average molecular weight is 190 g/mol. The third-order valence-corrected chi connectivity index (χ3v) is 3.08. The molecule has 0 spiro atoms. The van der Waals surface area contributed by atoms with E-state index < -0.39 is 0 Å². The number of nitrogens with zero attached hydrogens (tertiary/aromatic N) is 1. The van der Waals surface area contributed by atoms with E-state index in [1.807, 2.05) is 6.07 Å². The lowest BCUT2D eigenvalue weighted by atomic mass is 9.87. The molecule has 1 unspecified atom stereocenters. The average Bonchev–Trinajstić information content (AvgIpc) is 2.16. The summed E-state index contributed by atoms with van der Waals surface area (Å²) in [7, 11) is 4.28. The second-order valence-electron chi connectivity index (χ2n) is 4.33. The number of benzene rings is 1. The van der Waals surface area contributed by atoms with Crippen molar-refractivity contribution >= 4 is 5.69 Å². The lowest BCUT2D eigenvalue weighted by Gasteiger charge is -2.30. The van der Waals surface area contributed by atoms with Crippen LogP contribution in [0, 0.1) is 0 Å². The molecule has 14 heavy (non-hydrogen) atoms. The van der Waals surface area contributed by atoms with Crippen LogP contribution in [0.1, 0.15) is 30.0 Å². The van der Waals surface area contributed by atoms with Crippen LogP contribution in [0.2, 0.25) is 0 Å². The maximum atomic E-state index is 5.83. The van der Waals surface area contributed by atoms with Crippen molar-refractivity contribution in [3.8, 4) is 0 Å². The highest BCUT2D eigenvalue weighted by Crippen LogP contribution is 2.33. The SMILES string of the molecule is CN(C)C1CCCc2ccc(N)cc21. The summed E-state index contributed by atoms with van der Waals surface area (Å²) in [6.07, 6.45) is 3.75. The van der Waals surface area contributed by atoms with E-state index in [9.17, 15) is 0 Å². The van der Waals surface area contributed by atoms with Gasteiger partial charge in [0.25, 0.3) is 0 Å². The zero-order valence-corrected chi connectivity index (χ0v) is 8.96. The molecular formula is C12H18N2. The Balaban J connectivity index is 2.41. The van der Waals surface area contributed by atoms with Crippen molar-refractivity contribution in [3.05, 3.63) is 29.3 Å². The second kappa shape index (κ2) is 3.62. The van der Waals surface area contributed by atoms with E-state index in [0.717, 1.165) is 5.69 Å². The first-order valence-electron chi connectivity index (χ1n) is 5.23. The molecule has 0 aromatic heterocycles.